The van der Waals surface area contributed by atoms with Gasteiger partial charge in [-0.2, -0.15) is 5.10 Å². The van der Waals surface area contributed by atoms with E-state index in [2.05, 4.69) is 5.10 Å². The Morgan fingerprint density at radius 1 is 1.23 bits per heavy atom. The van der Waals surface area contributed by atoms with E-state index >= 15 is 0 Å². The molecule has 1 heterocycles. The molecule has 2 aromatic carbocycles. The summed E-state index contributed by atoms with van der Waals surface area (Å²) in [6.45, 7) is 3.47. The lowest BCUT2D eigenvalue weighted by Gasteiger charge is -2.19. The Labute approximate surface area is 152 Å². The molecule has 5 nitrogen and oxygen atoms in total. The Kier molecular flexibility index (Phi) is 5.51. The van der Waals surface area contributed by atoms with Crippen LogP contribution in [0.4, 0.5) is 10.1 Å². The quantitative estimate of drug-likeness (QED) is 0.796. The Balaban J connectivity index is 1.54. The van der Waals surface area contributed by atoms with Crippen LogP contribution in [0, 0.1) is 5.82 Å². The van der Waals surface area contributed by atoms with Crippen molar-refractivity contribution in [2.24, 2.45) is 5.10 Å². The minimum Gasteiger partial charge on any atom is -0.489 e. The van der Waals surface area contributed by atoms with Crippen molar-refractivity contribution in [1.29, 1.82) is 0 Å². The molecule has 1 aliphatic heterocycles. The highest BCUT2D eigenvalue weighted by molar-refractivity contribution is 5.94. The number of hydrogen-bond acceptors (Lipinski definition) is 4. The summed E-state index contributed by atoms with van der Waals surface area (Å²) < 4.78 is 18.9. The summed E-state index contributed by atoms with van der Waals surface area (Å²) in [4.78, 5) is 14.1. The number of hydrazone groups is 1. The van der Waals surface area contributed by atoms with Crippen molar-refractivity contribution in [3.05, 3.63) is 59.9 Å². The second kappa shape index (κ2) is 7.99. The van der Waals surface area contributed by atoms with E-state index in [-0.39, 0.29) is 18.3 Å². The summed E-state index contributed by atoms with van der Waals surface area (Å²) in [5.74, 6) is -0.314. The van der Waals surface area contributed by atoms with Crippen molar-refractivity contribution in [1.82, 2.24) is 4.90 Å². The third-order valence-corrected chi connectivity index (χ3v) is 4.26. The van der Waals surface area contributed by atoms with Crippen LogP contribution in [0.1, 0.15) is 23.7 Å². The number of para-hydroxylation sites is 1. The van der Waals surface area contributed by atoms with E-state index in [1.165, 1.54) is 6.07 Å². The second-order valence-corrected chi connectivity index (χ2v) is 6.26. The van der Waals surface area contributed by atoms with Crippen LogP contribution in [-0.2, 0) is 0 Å². The minimum absolute atomic E-state index is 0.102. The van der Waals surface area contributed by atoms with Gasteiger partial charge in [-0.05, 0) is 43.3 Å². The van der Waals surface area contributed by atoms with Crippen LogP contribution in [0.15, 0.2) is 53.6 Å². The van der Waals surface area contributed by atoms with Gasteiger partial charge >= 0.3 is 0 Å². The molecule has 0 fully saturated rings. The molecule has 0 bridgehead atoms. The maximum atomic E-state index is 13.5. The second-order valence-electron chi connectivity index (χ2n) is 6.26. The molecule has 0 spiro atoms. The lowest BCUT2D eigenvalue weighted by molar-refractivity contribution is 0.0773. The number of rotatable bonds is 6. The summed E-state index contributed by atoms with van der Waals surface area (Å²) in [6, 6.07) is 13.6. The maximum absolute atomic E-state index is 13.5. The number of hydrogen-bond donors (Lipinski definition) is 0. The van der Waals surface area contributed by atoms with Crippen molar-refractivity contribution in [3.8, 4) is 5.75 Å². The lowest BCUT2D eigenvalue weighted by Crippen LogP contribution is -2.31. The molecule has 0 atom stereocenters. The van der Waals surface area contributed by atoms with Gasteiger partial charge in [0, 0.05) is 31.3 Å². The fourth-order valence-electron chi connectivity index (χ4n) is 2.71. The molecule has 0 N–H and O–H groups in total. The number of anilines is 1. The van der Waals surface area contributed by atoms with Gasteiger partial charge in [0.25, 0.3) is 5.91 Å². The number of halogens is 1. The SMILES string of the molecule is CC1=NN(c2ccc(C(=O)N(C)CCOc3ccccc3F)cc2)CC1. The van der Waals surface area contributed by atoms with E-state index < -0.39 is 5.82 Å². The van der Waals surface area contributed by atoms with E-state index in [0.29, 0.717) is 12.1 Å². The van der Waals surface area contributed by atoms with Gasteiger partial charge in [-0.3, -0.25) is 9.80 Å². The van der Waals surface area contributed by atoms with Gasteiger partial charge in [0.15, 0.2) is 11.6 Å². The summed E-state index contributed by atoms with van der Waals surface area (Å²) >= 11 is 0. The molecule has 3 rings (SSSR count). The molecule has 0 aromatic heterocycles. The number of carbonyl (C=O) groups is 1. The first-order valence-electron chi connectivity index (χ1n) is 8.59. The number of amides is 1. The van der Waals surface area contributed by atoms with Crippen LogP contribution in [-0.4, -0.2) is 43.3 Å². The van der Waals surface area contributed by atoms with Gasteiger partial charge < -0.3 is 9.64 Å². The molecule has 0 saturated carbocycles. The van der Waals surface area contributed by atoms with Crippen LogP contribution in [0.5, 0.6) is 5.75 Å². The van der Waals surface area contributed by atoms with Crippen molar-refractivity contribution in [2.75, 3.05) is 31.8 Å². The standard InChI is InChI=1S/C20H22FN3O2/c1-15-11-12-24(22-15)17-9-7-16(8-10-17)20(25)23(2)13-14-26-19-6-4-3-5-18(19)21/h3-10H,11-14H2,1-2H3. The van der Waals surface area contributed by atoms with E-state index in [9.17, 15) is 9.18 Å². The first-order chi connectivity index (χ1) is 12.5. The highest BCUT2D eigenvalue weighted by atomic mass is 19.1. The van der Waals surface area contributed by atoms with Gasteiger partial charge in [0.2, 0.25) is 0 Å². The number of benzene rings is 2. The largest absolute Gasteiger partial charge is 0.489 e. The smallest absolute Gasteiger partial charge is 0.253 e. The van der Waals surface area contributed by atoms with Gasteiger partial charge in [0.05, 0.1) is 12.2 Å². The topological polar surface area (TPSA) is 45.1 Å². The predicted octanol–water partition coefficient (Wildman–Crippen LogP) is 3.56. The lowest BCUT2D eigenvalue weighted by atomic mass is 10.2. The zero-order valence-electron chi connectivity index (χ0n) is 15.0. The van der Waals surface area contributed by atoms with Crippen LogP contribution in [0.2, 0.25) is 0 Å². The highest BCUT2D eigenvalue weighted by Crippen LogP contribution is 2.20. The Morgan fingerprint density at radius 3 is 2.62 bits per heavy atom. The molecule has 26 heavy (non-hydrogen) atoms. The van der Waals surface area contributed by atoms with Gasteiger partial charge in [-0.25, -0.2) is 4.39 Å². The Bertz CT molecular complexity index is 805. The van der Waals surface area contributed by atoms with E-state index in [4.69, 9.17) is 4.74 Å². The zero-order valence-corrected chi connectivity index (χ0v) is 15.0. The average molecular weight is 355 g/mol. The third kappa shape index (κ3) is 4.20. The molecule has 1 aliphatic rings. The molecule has 1 amide bonds. The molecular formula is C20H22FN3O2. The number of nitrogens with zero attached hydrogens (tertiary/aromatic N) is 3. The fraction of sp³-hybridized carbons (Fsp3) is 0.300. The highest BCUT2D eigenvalue weighted by Gasteiger charge is 2.15. The molecule has 0 aliphatic carbocycles. The molecular weight excluding hydrogens is 333 g/mol. The van der Waals surface area contributed by atoms with Gasteiger partial charge in [0.1, 0.15) is 6.61 Å². The normalized spacial score (nSPS) is 13.5. The molecule has 6 heteroatoms. The molecule has 2 aromatic rings. The summed E-state index contributed by atoms with van der Waals surface area (Å²) in [5, 5.41) is 6.39. The molecule has 136 valence electrons. The Morgan fingerprint density at radius 2 is 1.96 bits per heavy atom. The number of likely N-dealkylation sites (N-methyl/N-ethyl adjacent to an activating group) is 1. The fourth-order valence-corrected chi connectivity index (χ4v) is 2.71. The van der Waals surface area contributed by atoms with E-state index in [0.717, 1.165) is 24.4 Å². The summed E-state index contributed by atoms with van der Waals surface area (Å²) in [5.41, 5.74) is 2.69. The van der Waals surface area contributed by atoms with Crippen LogP contribution in [0.3, 0.4) is 0 Å². The van der Waals surface area contributed by atoms with Crippen LogP contribution in [0.25, 0.3) is 0 Å². The van der Waals surface area contributed by atoms with Crippen LogP contribution < -0.4 is 9.75 Å². The van der Waals surface area contributed by atoms with E-state index in [1.807, 2.05) is 24.1 Å². The van der Waals surface area contributed by atoms with Gasteiger partial charge in [-0.1, -0.05) is 12.1 Å². The minimum atomic E-state index is -0.406. The zero-order chi connectivity index (χ0) is 18.5. The maximum Gasteiger partial charge on any atom is 0.253 e. The molecule has 0 radical (unpaired) electrons. The number of carbonyl (C=O) groups excluding carboxylic acids is 1. The van der Waals surface area contributed by atoms with Crippen LogP contribution >= 0.6 is 0 Å². The molecule has 0 saturated heterocycles. The first-order valence-corrected chi connectivity index (χ1v) is 8.59. The number of ether oxygens (including phenoxy) is 1. The first kappa shape index (κ1) is 17.9. The van der Waals surface area contributed by atoms with Crippen molar-refractivity contribution >= 4 is 17.3 Å². The average Bonchev–Trinajstić information content (AvgIpc) is 3.09. The monoisotopic (exact) mass is 355 g/mol. The summed E-state index contributed by atoms with van der Waals surface area (Å²) in [6.07, 6.45) is 0.964. The van der Waals surface area contributed by atoms with E-state index in [1.54, 1.807) is 42.3 Å². The molecule has 0 unspecified atom stereocenters. The van der Waals surface area contributed by atoms with Gasteiger partial charge in [-0.15, -0.1) is 0 Å². The van der Waals surface area contributed by atoms with Crippen molar-refractivity contribution < 1.29 is 13.9 Å². The van der Waals surface area contributed by atoms with Crippen molar-refractivity contribution in [3.63, 3.8) is 0 Å². The summed E-state index contributed by atoms with van der Waals surface area (Å²) in [7, 11) is 1.70. The Hall–Kier alpha value is -2.89. The van der Waals surface area contributed by atoms with Crippen molar-refractivity contribution in [2.45, 2.75) is 13.3 Å². The predicted molar refractivity (Wildman–Crippen MR) is 100 cm³/mol. The third-order valence-electron chi connectivity index (χ3n) is 4.26.